The largest absolute Gasteiger partial charge is 0.755 e. The Morgan fingerprint density at radius 1 is 1.16 bits per heavy atom. The molecule has 0 saturated carbocycles. The Morgan fingerprint density at radius 2 is 1.87 bits per heavy atom. The Balaban J connectivity index is 1.91. The highest BCUT2D eigenvalue weighted by Crippen LogP contribution is 2.38. The molecule has 6 N–H and O–H groups in total. The first-order valence-corrected chi connectivity index (χ1v) is 12.8. The summed E-state index contributed by atoms with van der Waals surface area (Å²) in [7, 11) is 1.52. The van der Waals surface area contributed by atoms with Crippen LogP contribution < -0.4 is 31.1 Å². The Hall–Kier alpha value is -3.81. The van der Waals surface area contributed by atoms with Crippen LogP contribution >= 0.6 is 11.6 Å². The lowest BCUT2D eigenvalue weighted by molar-refractivity contribution is -0.117. The molecule has 2 atom stereocenters. The second-order valence-corrected chi connectivity index (χ2v) is 9.40. The number of nitrogens with zero attached hydrogens (tertiary/aromatic N) is 3. The molecule has 1 amide bonds. The highest BCUT2D eigenvalue weighted by molar-refractivity contribution is 7.81. The maximum absolute atomic E-state index is 12.8. The van der Waals surface area contributed by atoms with E-state index in [9.17, 15) is 13.6 Å². The summed E-state index contributed by atoms with van der Waals surface area (Å²) in [6.45, 7) is 1.55. The van der Waals surface area contributed by atoms with Crippen LogP contribution in [-0.2, 0) is 22.6 Å². The van der Waals surface area contributed by atoms with Crippen molar-refractivity contribution in [3.8, 4) is 5.75 Å². The maximum Gasteiger partial charge on any atom is 0.240 e. The van der Waals surface area contributed by atoms with Gasteiger partial charge in [0, 0.05) is 18.3 Å². The molecule has 38 heavy (non-hydrogen) atoms. The van der Waals surface area contributed by atoms with E-state index in [1.165, 1.54) is 20.1 Å². The number of fused-ring (bicyclic) bond motifs is 1. The van der Waals surface area contributed by atoms with Crippen LogP contribution in [0.1, 0.15) is 12.5 Å². The van der Waals surface area contributed by atoms with Crippen molar-refractivity contribution in [3.63, 3.8) is 0 Å². The number of nitrogens with one attached hydrogen (secondary N) is 2. The molecular weight excluding hydrogens is 530 g/mol. The van der Waals surface area contributed by atoms with E-state index in [1.807, 2.05) is 0 Å². The molecule has 0 radical (unpaired) electrons. The average Bonchev–Trinajstić information content (AvgIpc) is 2.90. The number of amides is 1. The van der Waals surface area contributed by atoms with Crippen molar-refractivity contribution in [2.45, 2.75) is 19.5 Å². The summed E-state index contributed by atoms with van der Waals surface area (Å²) in [6.07, 6.45) is 0. The van der Waals surface area contributed by atoms with Crippen LogP contribution in [-0.4, -0.2) is 37.8 Å². The molecule has 0 bridgehead atoms. The van der Waals surface area contributed by atoms with E-state index in [4.69, 9.17) is 27.8 Å². The minimum atomic E-state index is -2.88. The van der Waals surface area contributed by atoms with Crippen LogP contribution in [0.25, 0.3) is 11.0 Å². The number of para-hydroxylation sites is 2. The van der Waals surface area contributed by atoms with Crippen molar-refractivity contribution in [2.24, 2.45) is 11.5 Å². The van der Waals surface area contributed by atoms with Crippen LogP contribution in [0.3, 0.4) is 0 Å². The van der Waals surface area contributed by atoms with E-state index in [0.717, 1.165) is 4.31 Å². The first-order valence-electron chi connectivity index (χ1n) is 11.4. The lowest BCUT2D eigenvalue weighted by atomic mass is 10.1. The summed E-state index contributed by atoms with van der Waals surface area (Å²) in [4.78, 5) is 21.4. The van der Waals surface area contributed by atoms with Crippen molar-refractivity contribution < 1.29 is 18.3 Å². The van der Waals surface area contributed by atoms with Crippen LogP contribution in [0.4, 0.5) is 28.7 Å². The van der Waals surface area contributed by atoms with Gasteiger partial charge in [0.25, 0.3) is 0 Å². The number of carbonyl (C=O) groups is 1. The van der Waals surface area contributed by atoms with Gasteiger partial charge < -0.3 is 31.4 Å². The number of carbonyl (C=O) groups excluding carboxylic acids is 1. The van der Waals surface area contributed by atoms with Crippen LogP contribution in [0.15, 0.2) is 60.7 Å². The Morgan fingerprint density at radius 3 is 2.50 bits per heavy atom. The molecule has 1 heterocycles. The predicted molar refractivity (Wildman–Crippen MR) is 148 cm³/mol. The number of benzene rings is 3. The minimum Gasteiger partial charge on any atom is -0.755 e. The number of rotatable bonds is 9. The summed E-state index contributed by atoms with van der Waals surface area (Å²) in [5.74, 6) is 0.156. The van der Waals surface area contributed by atoms with Crippen LogP contribution in [0, 0.1) is 0 Å². The van der Waals surface area contributed by atoms with Gasteiger partial charge in [0.1, 0.15) is 5.75 Å². The predicted octanol–water partition coefficient (Wildman–Crippen LogP) is 3.71. The van der Waals surface area contributed by atoms with E-state index >= 15 is 0 Å². The molecule has 0 aliphatic heterocycles. The lowest BCUT2D eigenvalue weighted by Gasteiger charge is -2.29. The average molecular weight is 555 g/mol. The molecule has 3 aromatic carbocycles. The van der Waals surface area contributed by atoms with Gasteiger partial charge in [-0.1, -0.05) is 29.8 Å². The van der Waals surface area contributed by atoms with Crippen molar-refractivity contribution in [1.29, 1.82) is 0 Å². The number of anilines is 5. The lowest BCUT2D eigenvalue weighted by Crippen LogP contribution is -2.32. The molecule has 198 valence electrons. The van der Waals surface area contributed by atoms with Crippen molar-refractivity contribution >= 4 is 68.5 Å². The molecule has 0 saturated heterocycles. The fourth-order valence-corrected chi connectivity index (χ4v) is 4.36. The molecule has 0 fully saturated rings. The number of aromatic nitrogens is 2. The smallest absolute Gasteiger partial charge is 0.240 e. The Labute approximate surface area is 226 Å². The third-order valence-corrected chi connectivity index (χ3v) is 6.52. The molecule has 4 rings (SSSR count). The fourth-order valence-electron chi connectivity index (χ4n) is 3.60. The summed E-state index contributed by atoms with van der Waals surface area (Å²) in [5.41, 5.74) is 14.0. The quantitative estimate of drug-likeness (QED) is 0.225. The number of hydrogen-bond acceptors (Lipinski definition) is 9. The summed E-state index contributed by atoms with van der Waals surface area (Å²) >= 11 is 3.53. The zero-order valence-corrected chi connectivity index (χ0v) is 22.0. The molecule has 0 spiro atoms. The van der Waals surface area contributed by atoms with Gasteiger partial charge in [0.05, 0.1) is 51.8 Å². The second-order valence-electron chi connectivity index (χ2n) is 8.19. The fraction of sp³-hybridized carbons (Fsp3) is 0.160. The molecule has 0 aliphatic carbocycles. The van der Waals surface area contributed by atoms with Gasteiger partial charge in [-0.15, -0.1) is 0 Å². The molecule has 11 nitrogen and oxygen atoms in total. The molecule has 13 heteroatoms. The van der Waals surface area contributed by atoms with Crippen molar-refractivity contribution in [3.05, 3.63) is 71.2 Å². The summed E-state index contributed by atoms with van der Waals surface area (Å²) in [6, 6.07) is 15.9. The topological polar surface area (TPSA) is 172 Å². The van der Waals surface area contributed by atoms with Gasteiger partial charge in [-0.2, -0.15) is 0 Å². The molecule has 1 aromatic heterocycles. The maximum atomic E-state index is 12.8. The number of nitrogens with two attached hydrogens (primary N) is 2. The summed E-state index contributed by atoms with van der Waals surface area (Å²) in [5, 5.41) is 6.11. The monoisotopic (exact) mass is 554 g/mol. The van der Waals surface area contributed by atoms with Gasteiger partial charge in [-0.3, -0.25) is 13.3 Å². The zero-order valence-electron chi connectivity index (χ0n) is 20.5. The summed E-state index contributed by atoms with van der Waals surface area (Å²) < 4.78 is 31.8. The van der Waals surface area contributed by atoms with Crippen molar-refractivity contribution in [2.75, 3.05) is 22.0 Å². The van der Waals surface area contributed by atoms with Gasteiger partial charge in [0.15, 0.2) is 11.6 Å². The normalized spacial score (nSPS) is 12.6. The second kappa shape index (κ2) is 11.7. The van der Waals surface area contributed by atoms with Crippen LogP contribution in [0.2, 0.25) is 5.02 Å². The van der Waals surface area contributed by atoms with E-state index in [1.54, 1.807) is 54.6 Å². The van der Waals surface area contributed by atoms with E-state index in [0.29, 0.717) is 38.7 Å². The van der Waals surface area contributed by atoms with E-state index in [2.05, 4.69) is 20.6 Å². The van der Waals surface area contributed by atoms with Crippen molar-refractivity contribution in [1.82, 2.24) is 9.97 Å². The van der Waals surface area contributed by atoms with Gasteiger partial charge in [-0.25, -0.2) is 9.97 Å². The Kier molecular flexibility index (Phi) is 8.39. The molecular formula is C25H25ClN7O4S-. The van der Waals surface area contributed by atoms with E-state index in [-0.39, 0.29) is 23.9 Å². The first kappa shape index (κ1) is 27.2. The van der Waals surface area contributed by atoms with E-state index < -0.39 is 23.2 Å². The SMILES string of the molecule is COc1ccc(Cl)c(Nc2nc3ccccc3nc2N(c2cc(NC(=O)[C@@H](C)N)ccc2CN)S(=O)[O-])c1. The molecule has 4 aromatic rings. The Bertz CT molecular complexity index is 1520. The van der Waals surface area contributed by atoms with Gasteiger partial charge in [-0.05, 0) is 48.9 Å². The van der Waals surface area contributed by atoms with Crippen LogP contribution in [0.5, 0.6) is 5.75 Å². The molecule has 1 unspecified atom stereocenters. The standard InChI is InChI=1S/C25H26ClN7O4S/c1-14(28)25(34)29-16-8-7-15(13-27)22(11-16)33(38(35)36)24-23(30-19-5-3-4-6-20(19)32-24)31-21-12-17(37-2)9-10-18(21)26/h3-12,14H,13,27-28H2,1-2H3,(H,29,34)(H,30,31)(H,35,36)/p-1/t14-/m1/s1. The first-order chi connectivity index (χ1) is 18.2. The van der Waals surface area contributed by atoms with Gasteiger partial charge in [0.2, 0.25) is 5.91 Å². The zero-order chi connectivity index (χ0) is 27.4. The number of methoxy groups -OCH3 is 1. The highest BCUT2D eigenvalue weighted by Gasteiger charge is 2.23. The molecule has 0 aliphatic rings. The number of halogens is 1. The highest BCUT2D eigenvalue weighted by atomic mass is 35.5. The third-order valence-electron chi connectivity index (χ3n) is 5.53. The van der Waals surface area contributed by atoms with Gasteiger partial charge >= 0.3 is 0 Å². The number of ether oxygens (including phenoxy) is 1. The minimum absolute atomic E-state index is 0.00996. The third kappa shape index (κ3) is 5.85. The number of hydrogen-bond donors (Lipinski definition) is 4.